The second-order valence-electron chi connectivity index (χ2n) is 5.29. The second-order valence-corrected chi connectivity index (χ2v) is 6.15. The van der Waals surface area contributed by atoms with Gasteiger partial charge in [-0.25, -0.2) is 0 Å². The molecular formula is C15H22BrNO. The molecule has 2 rings (SSSR count). The molecule has 0 unspecified atom stereocenters. The summed E-state index contributed by atoms with van der Waals surface area (Å²) in [4.78, 5) is 0. The van der Waals surface area contributed by atoms with Crippen LogP contribution in [0.15, 0.2) is 28.7 Å². The Hall–Kier alpha value is -0.380. The Bertz CT molecular complexity index is 377. The predicted molar refractivity (Wildman–Crippen MR) is 78.9 cm³/mol. The molecule has 0 saturated heterocycles. The van der Waals surface area contributed by atoms with E-state index in [1.165, 1.54) is 35.7 Å². The van der Waals surface area contributed by atoms with E-state index in [0.717, 1.165) is 19.7 Å². The minimum Gasteiger partial charge on any atom is -0.383 e. The van der Waals surface area contributed by atoms with Crippen molar-refractivity contribution < 1.29 is 4.74 Å². The Kier molecular flexibility index (Phi) is 5.22. The first-order valence-corrected chi connectivity index (χ1v) is 7.48. The molecule has 1 fully saturated rings. The zero-order valence-electron chi connectivity index (χ0n) is 11.0. The summed E-state index contributed by atoms with van der Waals surface area (Å²) < 4.78 is 6.32. The summed E-state index contributed by atoms with van der Waals surface area (Å²) in [6.45, 7) is 2.86. The van der Waals surface area contributed by atoms with Crippen LogP contribution in [0.2, 0.25) is 0 Å². The van der Waals surface area contributed by atoms with E-state index in [4.69, 9.17) is 4.74 Å². The molecule has 1 N–H and O–H groups in total. The molecule has 18 heavy (non-hydrogen) atoms. The van der Waals surface area contributed by atoms with Gasteiger partial charge >= 0.3 is 0 Å². The Morgan fingerprint density at radius 2 is 2.11 bits per heavy atom. The van der Waals surface area contributed by atoms with Crippen LogP contribution < -0.4 is 5.32 Å². The molecule has 0 heterocycles. The normalized spacial score (nSPS) is 17.4. The number of halogens is 1. The highest BCUT2D eigenvalue weighted by Gasteiger charge is 2.36. The quantitative estimate of drug-likeness (QED) is 0.779. The molecule has 1 aromatic rings. The summed E-state index contributed by atoms with van der Waals surface area (Å²) >= 11 is 3.65. The molecule has 1 saturated carbocycles. The monoisotopic (exact) mass is 311 g/mol. The van der Waals surface area contributed by atoms with Crippen LogP contribution in [0.3, 0.4) is 0 Å². The molecule has 1 aromatic carbocycles. The minimum atomic E-state index is 0.470. The standard InChI is InChI=1S/C15H22BrNO/c1-18-10-9-17-12-15(7-4-8-15)11-13-5-2-3-6-14(13)16/h2-3,5-6,17H,4,7-12H2,1H3. The van der Waals surface area contributed by atoms with Gasteiger partial charge in [-0.1, -0.05) is 40.5 Å². The smallest absolute Gasteiger partial charge is 0.0587 e. The van der Waals surface area contributed by atoms with E-state index in [0.29, 0.717) is 5.41 Å². The summed E-state index contributed by atoms with van der Waals surface area (Å²) in [6.07, 6.45) is 5.23. The van der Waals surface area contributed by atoms with Gasteiger partial charge in [0.15, 0.2) is 0 Å². The fourth-order valence-electron chi connectivity index (χ4n) is 2.67. The van der Waals surface area contributed by atoms with Gasteiger partial charge in [-0.15, -0.1) is 0 Å². The Morgan fingerprint density at radius 3 is 2.72 bits per heavy atom. The van der Waals surface area contributed by atoms with E-state index in [9.17, 15) is 0 Å². The van der Waals surface area contributed by atoms with E-state index in [1.807, 2.05) is 0 Å². The largest absolute Gasteiger partial charge is 0.383 e. The van der Waals surface area contributed by atoms with Crippen LogP contribution in [0.25, 0.3) is 0 Å². The highest BCUT2D eigenvalue weighted by Crippen LogP contribution is 2.44. The molecule has 0 aliphatic heterocycles. The zero-order chi connectivity index (χ0) is 12.8. The average Bonchev–Trinajstić information content (AvgIpc) is 2.33. The molecule has 3 heteroatoms. The lowest BCUT2D eigenvalue weighted by Gasteiger charge is -2.42. The van der Waals surface area contributed by atoms with Crippen LogP contribution in [-0.4, -0.2) is 26.8 Å². The van der Waals surface area contributed by atoms with Crippen molar-refractivity contribution in [2.24, 2.45) is 5.41 Å². The van der Waals surface area contributed by atoms with Gasteiger partial charge < -0.3 is 10.1 Å². The summed E-state index contributed by atoms with van der Waals surface area (Å²) in [5.74, 6) is 0. The van der Waals surface area contributed by atoms with Crippen LogP contribution in [0, 0.1) is 5.41 Å². The average molecular weight is 312 g/mol. The van der Waals surface area contributed by atoms with Crippen molar-refractivity contribution >= 4 is 15.9 Å². The van der Waals surface area contributed by atoms with E-state index >= 15 is 0 Å². The summed E-state index contributed by atoms with van der Waals surface area (Å²) in [6, 6.07) is 8.59. The third-order valence-electron chi connectivity index (χ3n) is 3.92. The van der Waals surface area contributed by atoms with Crippen LogP contribution in [-0.2, 0) is 11.2 Å². The van der Waals surface area contributed by atoms with Gasteiger partial charge in [0.05, 0.1) is 6.61 Å². The van der Waals surface area contributed by atoms with Gasteiger partial charge in [-0.3, -0.25) is 0 Å². The lowest BCUT2D eigenvalue weighted by Crippen LogP contribution is -2.42. The molecule has 1 aliphatic rings. The van der Waals surface area contributed by atoms with Gasteiger partial charge in [0.2, 0.25) is 0 Å². The van der Waals surface area contributed by atoms with Crippen LogP contribution in [0.1, 0.15) is 24.8 Å². The number of hydrogen-bond donors (Lipinski definition) is 1. The highest BCUT2D eigenvalue weighted by molar-refractivity contribution is 9.10. The van der Waals surface area contributed by atoms with Crippen LogP contribution in [0.4, 0.5) is 0 Å². The van der Waals surface area contributed by atoms with Crippen molar-refractivity contribution in [1.82, 2.24) is 5.32 Å². The molecule has 0 aromatic heterocycles. The van der Waals surface area contributed by atoms with Crippen molar-refractivity contribution in [1.29, 1.82) is 0 Å². The molecule has 0 atom stereocenters. The SMILES string of the molecule is COCCNCC1(Cc2ccccc2Br)CCC1. The fraction of sp³-hybridized carbons (Fsp3) is 0.600. The topological polar surface area (TPSA) is 21.3 Å². The molecule has 100 valence electrons. The summed E-state index contributed by atoms with van der Waals surface area (Å²) in [7, 11) is 1.75. The number of nitrogens with one attached hydrogen (secondary N) is 1. The fourth-order valence-corrected chi connectivity index (χ4v) is 3.09. The summed E-state index contributed by atoms with van der Waals surface area (Å²) in [5, 5.41) is 3.53. The number of hydrogen-bond acceptors (Lipinski definition) is 2. The molecule has 1 aliphatic carbocycles. The third kappa shape index (κ3) is 3.56. The molecule has 0 bridgehead atoms. The van der Waals surface area contributed by atoms with Gasteiger partial charge in [-0.05, 0) is 36.3 Å². The molecular weight excluding hydrogens is 290 g/mol. The van der Waals surface area contributed by atoms with Crippen LogP contribution in [0.5, 0.6) is 0 Å². The predicted octanol–water partition coefficient (Wildman–Crippen LogP) is 3.40. The molecule has 0 radical (unpaired) electrons. The highest BCUT2D eigenvalue weighted by atomic mass is 79.9. The van der Waals surface area contributed by atoms with E-state index in [2.05, 4.69) is 45.5 Å². The van der Waals surface area contributed by atoms with E-state index in [-0.39, 0.29) is 0 Å². The number of methoxy groups -OCH3 is 1. The van der Waals surface area contributed by atoms with E-state index in [1.54, 1.807) is 7.11 Å². The molecule has 0 amide bonds. The van der Waals surface area contributed by atoms with Crippen molar-refractivity contribution in [3.8, 4) is 0 Å². The first-order chi connectivity index (χ1) is 8.76. The van der Waals surface area contributed by atoms with Gasteiger partial charge in [-0.2, -0.15) is 0 Å². The Labute approximate surface area is 118 Å². The zero-order valence-corrected chi connectivity index (χ0v) is 12.6. The lowest BCUT2D eigenvalue weighted by atomic mass is 9.65. The maximum Gasteiger partial charge on any atom is 0.0587 e. The van der Waals surface area contributed by atoms with E-state index < -0.39 is 0 Å². The summed E-state index contributed by atoms with van der Waals surface area (Å²) in [5.41, 5.74) is 1.91. The third-order valence-corrected chi connectivity index (χ3v) is 4.69. The minimum absolute atomic E-state index is 0.470. The molecule has 2 nitrogen and oxygen atoms in total. The Balaban J connectivity index is 1.90. The first-order valence-electron chi connectivity index (χ1n) is 6.69. The lowest BCUT2D eigenvalue weighted by molar-refractivity contribution is 0.123. The Morgan fingerprint density at radius 1 is 1.33 bits per heavy atom. The number of ether oxygens (including phenoxy) is 1. The number of benzene rings is 1. The molecule has 0 spiro atoms. The first kappa shape index (κ1) is 14.0. The second kappa shape index (κ2) is 6.69. The van der Waals surface area contributed by atoms with Crippen LogP contribution >= 0.6 is 15.9 Å². The maximum atomic E-state index is 5.08. The van der Waals surface area contributed by atoms with Crippen molar-refractivity contribution in [3.63, 3.8) is 0 Å². The van der Waals surface area contributed by atoms with Gasteiger partial charge in [0, 0.05) is 24.7 Å². The number of rotatable bonds is 7. The van der Waals surface area contributed by atoms with Crippen molar-refractivity contribution in [2.45, 2.75) is 25.7 Å². The van der Waals surface area contributed by atoms with Gasteiger partial charge in [0.25, 0.3) is 0 Å². The van der Waals surface area contributed by atoms with Gasteiger partial charge in [0.1, 0.15) is 0 Å². The maximum absolute atomic E-state index is 5.08. The van der Waals surface area contributed by atoms with Crippen molar-refractivity contribution in [2.75, 3.05) is 26.8 Å². The van der Waals surface area contributed by atoms with Crippen molar-refractivity contribution in [3.05, 3.63) is 34.3 Å².